The third kappa shape index (κ3) is 2.44. The molecule has 2 unspecified atom stereocenters. The van der Waals surface area contributed by atoms with Gasteiger partial charge in [0.1, 0.15) is 0 Å². The Morgan fingerprint density at radius 3 is 2.31 bits per heavy atom. The van der Waals surface area contributed by atoms with Crippen molar-refractivity contribution >= 4 is 0 Å². The Labute approximate surface area is 81.3 Å². The molecule has 1 aliphatic heterocycles. The molecule has 0 bridgehead atoms. The van der Waals surface area contributed by atoms with Gasteiger partial charge >= 0.3 is 0 Å². The van der Waals surface area contributed by atoms with Crippen molar-refractivity contribution in [3.63, 3.8) is 0 Å². The first kappa shape index (κ1) is 11.0. The summed E-state index contributed by atoms with van der Waals surface area (Å²) in [4.78, 5) is 0. The predicted molar refractivity (Wildman–Crippen MR) is 53.7 cm³/mol. The van der Waals surface area contributed by atoms with Gasteiger partial charge in [-0.05, 0) is 31.6 Å². The summed E-state index contributed by atoms with van der Waals surface area (Å²) < 4.78 is 5.78. The number of rotatable bonds is 2. The zero-order chi connectivity index (χ0) is 10.1. The van der Waals surface area contributed by atoms with Crippen molar-refractivity contribution in [3.8, 4) is 0 Å². The first-order chi connectivity index (χ1) is 5.90. The average Bonchev–Trinajstić information content (AvgIpc) is 2.09. The summed E-state index contributed by atoms with van der Waals surface area (Å²) in [5, 5.41) is 9.79. The van der Waals surface area contributed by atoms with E-state index in [4.69, 9.17) is 4.74 Å². The minimum Gasteiger partial charge on any atom is -0.390 e. The Morgan fingerprint density at radius 2 is 1.92 bits per heavy atom. The SMILES string of the molecule is CCC(O)C1(C)CCC(C)(C)CO1. The van der Waals surface area contributed by atoms with E-state index in [0.717, 1.165) is 25.9 Å². The van der Waals surface area contributed by atoms with Crippen molar-refractivity contribution in [1.29, 1.82) is 0 Å². The van der Waals surface area contributed by atoms with Crippen LogP contribution in [0.1, 0.15) is 47.0 Å². The summed E-state index contributed by atoms with van der Waals surface area (Å²) in [7, 11) is 0. The molecule has 1 aliphatic rings. The number of hydrogen-bond acceptors (Lipinski definition) is 2. The van der Waals surface area contributed by atoms with Crippen LogP contribution in [0.5, 0.6) is 0 Å². The van der Waals surface area contributed by atoms with Crippen LogP contribution in [-0.4, -0.2) is 23.4 Å². The fourth-order valence-corrected chi connectivity index (χ4v) is 1.79. The molecule has 0 aromatic heterocycles. The van der Waals surface area contributed by atoms with Crippen LogP contribution in [0.15, 0.2) is 0 Å². The highest BCUT2D eigenvalue weighted by Crippen LogP contribution is 2.37. The Bertz CT molecular complexity index is 165. The van der Waals surface area contributed by atoms with E-state index in [2.05, 4.69) is 13.8 Å². The van der Waals surface area contributed by atoms with Crippen molar-refractivity contribution in [2.75, 3.05) is 6.61 Å². The molecule has 1 fully saturated rings. The summed E-state index contributed by atoms with van der Waals surface area (Å²) in [6.45, 7) is 9.21. The maximum Gasteiger partial charge on any atom is 0.0912 e. The lowest BCUT2D eigenvalue weighted by Gasteiger charge is -2.43. The Kier molecular flexibility index (Phi) is 3.03. The third-order valence-electron chi connectivity index (χ3n) is 3.18. The quantitative estimate of drug-likeness (QED) is 0.717. The fourth-order valence-electron chi connectivity index (χ4n) is 1.79. The molecule has 0 aromatic rings. The van der Waals surface area contributed by atoms with Gasteiger partial charge in [0.2, 0.25) is 0 Å². The van der Waals surface area contributed by atoms with E-state index in [1.165, 1.54) is 0 Å². The van der Waals surface area contributed by atoms with E-state index < -0.39 is 0 Å². The molecule has 2 nitrogen and oxygen atoms in total. The lowest BCUT2D eigenvalue weighted by Crippen LogP contribution is -2.48. The van der Waals surface area contributed by atoms with Gasteiger partial charge in [0.05, 0.1) is 18.3 Å². The number of aliphatic hydroxyl groups is 1. The molecule has 1 rings (SSSR count). The molecular formula is C11H22O2. The molecule has 0 radical (unpaired) electrons. The van der Waals surface area contributed by atoms with E-state index in [1.807, 2.05) is 13.8 Å². The van der Waals surface area contributed by atoms with Crippen LogP contribution in [0.2, 0.25) is 0 Å². The van der Waals surface area contributed by atoms with Gasteiger partial charge in [0.15, 0.2) is 0 Å². The van der Waals surface area contributed by atoms with Gasteiger partial charge in [-0.15, -0.1) is 0 Å². The fraction of sp³-hybridized carbons (Fsp3) is 1.00. The topological polar surface area (TPSA) is 29.5 Å². The predicted octanol–water partition coefficient (Wildman–Crippen LogP) is 2.35. The standard InChI is InChI=1S/C11H22O2/c1-5-9(12)11(4)7-6-10(2,3)8-13-11/h9,12H,5-8H2,1-4H3. The minimum absolute atomic E-state index is 0.285. The number of aliphatic hydroxyl groups excluding tert-OH is 1. The lowest BCUT2D eigenvalue weighted by atomic mass is 9.78. The number of ether oxygens (including phenoxy) is 1. The maximum atomic E-state index is 9.79. The van der Waals surface area contributed by atoms with E-state index in [1.54, 1.807) is 0 Å². The molecule has 0 aliphatic carbocycles. The molecule has 0 amide bonds. The van der Waals surface area contributed by atoms with E-state index >= 15 is 0 Å². The van der Waals surface area contributed by atoms with Gasteiger partial charge in [-0.1, -0.05) is 20.8 Å². The van der Waals surface area contributed by atoms with Crippen molar-refractivity contribution in [2.45, 2.75) is 58.7 Å². The van der Waals surface area contributed by atoms with Crippen molar-refractivity contribution in [3.05, 3.63) is 0 Å². The summed E-state index contributed by atoms with van der Waals surface area (Å²) in [6, 6.07) is 0. The zero-order valence-electron chi connectivity index (χ0n) is 9.26. The molecule has 1 N–H and O–H groups in total. The highest BCUT2D eigenvalue weighted by molar-refractivity contribution is 4.90. The second kappa shape index (κ2) is 3.58. The van der Waals surface area contributed by atoms with E-state index in [0.29, 0.717) is 0 Å². The van der Waals surface area contributed by atoms with E-state index in [-0.39, 0.29) is 17.1 Å². The summed E-state index contributed by atoms with van der Waals surface area (Å²) in [5.41, 5.74) is -0.0166. The summed E-state index contributed by atoms with van der Waals surface area (Å²) in [5.74, 6) is 0. The van der Waals surface area contributed by atoms with Crippen molar-refractivity contribution < 1.29 is 9.84 Å². The molecule has 2 heteroatoms. The minimum atomic E-state index is -0.316. The van der Waals surface area contributed by atoms with Gasteiger partial charge in [-0.25, -0.2) is 0 Å². The van der Waals surface area contributed by atoms with Crippen LogP contribution < -0.4 is 0 Å². The lowest BCUT2D eigenvalue weighted by molar-refractivity contribution is -0.167. The van der Waals surface area contributed by atoms with Gasteiger partial charge in [-0.2, -0.15) is 0 Å². The Morgan fingerprint density at radius 1 is 1.31 bits per heavy atom. The van der Waals surface area contributed by atoms with Gasteiger partial charge in [0.25, 0.3) is 0 Å². The average molecular weight is 186 g/mol. The third-order valence-corrected chi connectivity index (χ3v) is 3.18. The van der Waals surface area contributed by atoms with Crippen LogP contribution in [0.25, 0.3) is 0 Å². The van der Waals surface area contributed by atoms with Crippen LogP contribution in [0, 0.1) is 5.41 Å². The molecule has 78 valence electrons. The molecule has 13 heavy (non-hydrogen) atoms. The van der Waals surface area contributed by atoms with Gasteiger partial charge < -0.3 is 9.84 Å². The van der Waals surface area contributed by atoms with E-state index in [9.17, 15) is 5.11 Å². The highest BCUT2D eigenvalue weighted by Gasteiger charge is 2.39. The van der Waals surface area contributed by atoms with Crippen molar-refractivity contribution in [2.24, 2.45) is 5.41 Å². The van der Waals surface area contributed by atoms with Gasteiger partial charge in [0, 0.05) is 0 Å². The molecule has 0 aromatic carbocycles. The largest absolute Gasteiger partial charge is 0.390 e. The zero-order valence-corrected chi connectivity index (χ0v) is 9.26. The second-order valence-corrected chi connectivity index (χ2v) is 5.19. The summed E-state index contributed by atoms with van der Waals surface area (Å²) in [6.07, 6.45) is 2.57. The van der Waals surface area contributed by atoms with Crippen LogP contribution in [0.3, 0.4) is 0 Å². The van der Waals surface area contributed by atoms with Crippen LogP contribution in [0.4, 0.5) is 0 Å². The maximum absolute atomic E-state index is 9.79. The Balaban J connectivity index is 2.56. The van der Waals surface area contributed by atoms with Gasteiger partial charge in [-0.3, -0.25) is 0 Å². The first-order valence-corrected chi connectivity index (χ1v) is 5.22. The van der Waals surface area contributed by atoms with Crippen LogP contribution in [-0.2, 0) is 4.74 Å². The Hall–Kier alpha value is -0.0800. The molecule has 1 saturated heterocycles. The highest BCUT2D eigenvalue weighted by atomic mass is 16.5. The molecule has 2 atom stereocenters. The normalized spacial score (nSPS) is 35.8. The van der Waals surface area contributed by atoms with Crippen LogP contribution >= 0.6 is 0 Å². The molecule has 0 spiro atoms. The summed E-state index contributed by atoms with van der Waals surface area (Å²) >= 11 is 0. The second-order valence-electron chi connectivity index (χ2n) is 5.19. The number of hydrogen-bond donors (Lipinski definition) is 1. The molecule has 0 saturated carbocycles. The first-order valence-electron chi connectivity index (χ1n) is 5.22. The van der Waals surface area contributed by atoms with Crippen molar-refractivity contribution in [1.82, 2.24) is 0 Å². The molecule has 1 heterocycles. The smallest absolute Gasteiger partial charge is 0.0912 e. The monoisotopic (exact) mass is 186 g/mol. The molecular weight excluding hydrogens is 164 g/mol.